The maximum Gasteiger partial charge on any atom is 0.128 e. The molecular formula is C14H21NO2S. The van der Waals surface area contributed by atoms with E-state index in [1.807, 2.05) is 30.0 Å². The number of rotatable bonds is 5. The van der Waals surface area contributed by atoms with Crippen LogP contribution in [-0.4, -0.2) is 24.7 Å². The van der Waals surface area contributed by atoms with E-state index in [0.717, 1.165) is 41.4 Å². The summed E-state index contributed by atoms with van der Waals surface area (Å²) in [6.07, 6.45) is 2.20. The van der Waals surface area contributed by atoms with E-state index < -0.39 is 0 Å². The fourth-order valence-corrected chi connectivity index (χ4v) is 2.94. The van der Waals surface area contributed by atoms with E-state index in [0.29, 0.717) is 0 Å². The number of benzene rings is 1. The van der Waals surface area contributed by atoms with E-state index in [1.165, 1.54) is 0 Å². The predicted molar refractivity (Wildman–Crippen MR) is 76.6 cm³/mol. The predicted octanol–water partition coefficient (Wildman–Crippen LogP) is 2.99. The third-order valence-corrected chi connectivity index (χ3v) is 4.15. The summed E-state index contributed by atoms with van der Waals surface area (Å²) in [6.45, 7) is 2.18. The van der Waals surface area contributed by atoms with Gasteiger partial charge in [0.2, 0.25) is 0 Å². The van der Waals surface area contributed by atoms with Gasteiger partial charge in [-0.25, -0.2) is 0 Å². The normalized spacial score (nSPS) is 22.2. The maximum absolute atomic E-state index is 6.20. The number of fused-ring (bicyclic) bond motifs is 1. The van der Waals surface area contributed by atoms with Crippen molar-refractivity contribution in [3.63, 3.8) is 0 Å². The lowest BCUT2D eigenvalue weighted by atomic mass is 9.96. The Hall–Kier alpha value is -0.870. The molecule has 2 N–H and O–H groups in total. The van der Waals surface area contributed by atoms with Gasteiger partial charge in [-0.05, 0) is 24.0 Å². The molecule has 1 aliphatic rings. The summed E-state index contributed by atoms with van der Waals surface area (Å²) in [5.74, 6) is 4.00. The summed E-state index contributed by atoms with van der Waals surface area (Å²) in [7, 11) is 1.67. The molecule has 1 aromatic carbocycles. The first kappa shape index (κ1) is 13.6. The molecule has 1 aromatic rings. The SMILES string of the molecule is CCSCCC1C[C@H](N)c2ccc(OC)cc2O1. The first-order valence-electron chi connectivity index (χ1n) is 6.42. The van der Waals surface area contributed by atoms with Crippen LogP contribution in [0.3, 0.4) is 0 Å². The van der Waals surface area contributed by atoms with E-state index in [9.17, 15) is 0 Å². The van der Waals surface area contributed by atoms with Crippen LogP contribution in [0.5, 0.6) is 11.5 Å². The molecule has 1 heterocycles. The summed E-state index contributed by atoms with van der Waals surface area (Å²) < 4.78 is 11.2. The number of methoxy groups -OCH3 is 1. The van der Waals surface area contributed by atoms with Crippen LogP contribution in [0.25, 0.3) is 0 Å². The molecule has 0 fully saturated rings. The second-order valence-electron chi connectivity index (χ2n) is 4.47. The lowest BCUT2D eigenvalue weighted by Gasteiger charge is -2.30. The molecule has 0 saturated carbocycles. The third-order valence-electron chi connectivity index (χ3n) is 3.22. The van der Waals surface area contributed by atoms with Crippen molar-refractivity contribution in [3.05, 3.63) is 23.8 Å². The number of ether oxygens (including phenoxy) is 2. The van der Waals surface area contributed by atoms with Gasteiger partial charge in [-0.3, -0.25) is 0 Å². The minimum absolute atomic E-state index is 0.0799. The molecule has 18 heavy (non-hydrogen) atoms. The maximum atomic E-state index is 6.20. The second kappa shape index (κ2) is 6.34. The molecule has 100 valence electrons. The number of hydrogen-bond donors (Lipinski definition) is 1. The minimum Gasteiger partial charge on any atom is -0.497 e. The molecule has 2 rings (SSSR count). The van der Waals surface area contributed by atoms with Gasteiger partial charge in [-0.2, -0.15) is 11.8 Å². The number of thioether (sulfide) groups is 1. The van der Waals surface area contributed by atoms with Crippen LogP contribution in [0.2, 0.25) is 0 Å². The summed E-state index contributed by atoms with van der Waals surface area (Å²) in [5, 5.41) is 0. The summed E-state index contributed by atoms with van der Waals surface area (Å²) in [4.78, 5) is 0. The van der Waals surface area contributed by atoms with Crippen LogP contribution >= 0.6 is 11.8 Å². The van der Waals surface area contributed by atoms with E-state index in [4.69, 9.17) is 15.2 Å². The highest BCUT2D eigenvalue weighted by Gasteiger charge is 2.25. The zero-order valence-corrected chi connectivity index (χ0v) is 11.8. The molecule has 0 spiro atoms. The molecule has 4 heteroatoms. The van der Waals surface area contributed by atoms with Gasteiger partial charge < -0.3 is 15.2 Å². The highest BCUT2D eigenvalue weighted by atomic mass is 32.2. The molecule has 1 unspecified atom stereocenters. The van der Waals surface area contributed by atoms with Gasteiger partial charge in [-0.15, -0.1) is 0 Å². The number of hydrogen-bond acceptors (Lipinski definition) is 4. The third kappa shape index (κ3) is 3.12. The highest BCUT2D eigenvalue weighted by molar-refractivity contribution is 7.99. The molecule has 0 aromatic heterocycles. The van der Waals surface area contributed by atoms with E-state index in [2.05, 4.69) is 6.92 Å². The largest absolute Gasteiger partial charge is 0.497 e. The summed E-state index contributed by atoms with van der Waals surface area (Å²) in [5.41, 5.74) is 7.30. The van der Waals surface area contributed by atoms with Crippen LogP contribution in [0.15, 0.2) is 18.2 Å². The zero-order chi connectivity index (χ0) is 13.0. The van der Waals surface area contributed by atoms with E-state index in [1.54, 1.807) is 7.11 Å². The second-order valence-corrected chi connectivity index (χ2v) is 5.87. The average molecular weight is 267 g/mol. The van der Waals surface area contributed by atoms with Crippen LogP contribution in [0.1, 0.15) is 31.4 Å². The Labute approximate surface area is 113 Å². The summed E-state index contributed by atoms with van der Waals surface area (Å²) >= 11 is 1.95. The molecular weight excluding hydrogens is 246 g/mol. The minimum atomic E-state index is 0.0799. The molecule has 0 amide bonds. The Morgan fingerprint density at radius 2 is 2.33 bits per heavy atom. The van der Waals surface area contributed by atoms with Crippen LogP contribution < -0.4 is 15.2 Å². The van der Waals surface area contributed by atoms with Gasteiger partial charge in [0, 0.05) is 24.1 Å². The topological polar surface area (TPSA) is 44.5 Å². The molecule has 0 bridgehead atoms. The van der Waals surface area contributed by atoms with Crippen molar-refractivity contribution in [2.75, 3.05) is 18.6 Å². The van der Waals surface area contributed by atoms with Gasteiger partial charge in [-0.1, -0.05) is 13.0 Å². The van der Waals surface area contributed by atoms with Crippen LogP contribution in [-0.2, 0) is 0 Å². The van der Waals surface area contributed by atoms with E-state index >= 15 is 0 Å². The Morgan fingerprint density at radius 3 is 3.06 bits per heavy atom. The Morgan fingerprint density at radius 1 is 1.50 bits per heavy atom. The molecule has 0 aliphatic carbocycles. The van der Waals surface area contributed by atoms with Gasteiger partial charge in [0.05, 0.1) is 7.11 Å². The van der Waals surface area contributed by atoms with E-state index in [-0.39, 0.29) is 12.1 Å². The van der Waals surface area contributed by atoms with Crippen LogP contribution in [0.4, 0.5) is 0 Å². The van der Waals surface area contributed by atoms with Crippen molar-refractivity contribution in [1.82, 2.24) is 0 Å². The fraction of sp³-hybridized carbons (Fsp3) is 0.571. The molecule has 0 radical (unpaired) electrons. The summed E-state index contributed by atoms with van der Waals surface area (Å²) in [6, 6.07) is 5.97. The average Bonchev–Trinajstić information content (AvgIpc) is 2.38. The van der Waals surface area contributed by atoms with Gasteiger partial charge >= 0.3 is 0 Å². The molecule has 3 nitrogen and oxygen atoms in total. The highest BCUT2D eigenvalue weighted by Crippen LogP contribution is 2.36. The smallest absolute Gasteiger partial charge is 0.128 e. The van der Waals surface area contributed by atoms with Crippen molar-refractivity contribution >= 4 is 11.8 Å². The van der Waals surface area contributed by atoms with Crippen molar-refractivity contribution < 1.29 is 9.47 Å². The van der Waals surface area contributed by atoms with Crippen molar-refractivity contribution in [3.8, 4) is 11.5 Å². The van der Waals surface area contributed by atoms with Crippen LogP contribution in [0, 0.1) is 0 Å². The number of nitrogens with two attached hydrogens (primary N) is 1. The Kier molecular flexibility index (Phi) is 4.78. The standard InChI is InChI=1S/C14H21NO2S/c1-3-18-7-6-11-8-13(15)12-5-4-10(16-2)9-14(12)17-11/h4-5,9,11,13H,3,6-8,15H2,1-2H3/t11?,13-/m0/s1. The lowest BCUT2D eigenvalue weighted by Crippen LogP contribution is -2.30. The fourth-order valence-electron chi connectivity index (χ4n) is 2.22. The zero-order valence-electron chi connectivity index (χ0n) is 11.0. The molecule has 1 aliphatic heterocycles. The first-order chi connectivity index (χ1) is 8.74. The monoisotopic (exact) mass is 267 g/mol. The Balaban J connectivity index is 2.06. The van der Waals surface area contributed by atoms with Crippen molar-refractivity contribution in [2.45, 2.75) is 31.9 Å². The quantitative estimate of drug-likeness (QED) is 0.833. The van der Waals surface area contributed by atoms with Crippen molar-refractivity contribution in [1.29, 1.82) is 0 Å². The van der Waals surface area contributed by atoms with Gasteiger partial charge in [0.1, 0.15) is 17.6 Å². The Bertz CT molecular complexity index is 397. The molecule has 2 atom stereocenters. The van der Waals surface area contributed by atoms with Gasteiger partial charge in [0.25, 0.3) is 0 Å². The molecule has 0 saturated heterocycles. The van der Waals surface area contributed by atoms with Gasteiger partial charge in [0.15, 0.2) is 0 Å². The first-order valence-corrected chi connectivity index (χ1v) is 7.58. The van der Waals surface area contributed by atoms with Crippen molar-refractivity contribution in [2.24, 2.45) is 5.73 Å². The lowest BCUT2D eigenvalue weighted by molar-refractivity contribution is 0.156.